The van der Waals surface area contributed by atoms with Gasteiger partial charge in [0.2, 0.25) is 11.8 Å². The highest BCUT2D eigenvalue weighted by atomic mass is 35.5. The van der Waals surface area contributed by atoms with Crippen molar-refractivity contribution in [2.24, 2.45) is 13.0 Å². The van der Waals surface area contributed by atoms with E-state index in [4.69, 9.17) is 26.2 Å². The maximum Gasteiger partial charge on any atom is 0.490 e. The number of piperidine rings is 2. The molecule has 2 aromatic heterocycles. The summed E-state index contributed by atoms with van der Waals surface area (Å²) in [6.07, 6.45) is 3.24. The summed E-state index contributed by atoms with van der Waals surface area (Å²) in [6.45, 7) is 1.77. The molecule has 3 N–H and O–H groups in total. The molecule has 0 saturated carbocycles. The number of aliphatic carboxylic acids is 1. The van der Waals surface area contributed by atoms with Gasteiger partial charge in [0.15, 0.2) is 0 Å². The number of nitrogens with zero attached hydrogens (tertiary/aromatic N) is 4. The van der Waals surface area contributed by atoms with Gasteiger partial charge in [-0.2, -0.15) is 13.2 Å². The summed E-state index contributed by atoms with van der Waals surface area (Å²) in [5, 5.41) is 13.8. The van der Waals surface area contributed by atoms with E-state index in [1.807, 2.05) is 11.0 Å². The Morgan fingerprint density at radius 2 is 1.69 bits per heavy atom. The zero-order valence-electron chi connectivity index (χ0n) is 34.5. The number of amides is 3. The van der Waals surface area contributed by atoms with Gasteiger partial charge >= 0.3 is 12.1 Å². The van der Waals surface area contributed by atoms with Crippen molar-refractivity contribution in [3.63, 3.8) is 0 Å². The number of carboxylic acids is 1. The molecule has 0 aliphatic carbocycles. The summed E-state index contributed by atoms with van der Waals surface area (Å²) in [6, 6.07) is 12.8. The summed E-state index contributed by atoms with van der Waals surface area (Å²) < 4.78 is 69.7. The van der Waals surface area contributed by atoms with Gasteiger partial charge in [-0.15, -0.1) is 0 Å². The van der Waals surface area contributed by atoms with Crippen LogP contribution in [-0.2, 0) is 40.8 Å². The second-order valence-electron chi connectivity index (χ2n) is 15.8. The highest BCUT2D eigenvalue weighted by Crippen LogP contribution is 2.38. The average molecular weight is 909 g/mol. The Kier molecular flexibility index (Phi) is 13.2. The summed E-state index contributed by atoms with van der Waals surface area (Å²) in [7, 11) is 3.13. The van der Waals surface area contributed by atoms with Crippen LogP contribution in [0.1, 0.15) is 52.7 Å². The second-order valence-corrected chi connectivity index (χ2v) is 16.2. The van der Waals surface area contributed by atoms with Crippen molar-refractivity contribution in [3.05, 3.63) is 116 Å². The molecule has 3 amide bonds. The van der Waals surface area contributed by atoms with Crippen molar-refractivity contribution < 1.29 is 51.0 Å². The highest BCUT2D eigenvalue weighted by molar-refractivity contribution is 6.34. The normalized spacial score (nSPS) is 16.7. The lowest BCUT2D eigenvalue weighted by atomic mass is 9.85. The number of anilines is 2. The lowest BCUT2D eigenvalue weighted by Gasteiger charge is -2.35. The van der Waals surface area contributed by atoms with Crippen LogP contribution >= 0.6 is 11.6 Å². The van der Waals surface area contributed by atoms with Crippen molar-refractivity contribution in [1.82, 2.24) is 19.8 Å². The molecule has 19 heteroatoms. The van der Waals surface area contributed by atoms with Gasteiger partial charge in [0.25, 0.3) is 11.5 Å². The van der Waals surface area contributed by atoms with E-state index in [-0.39, 0.29) is 58.3 Å². The van der Waals surface area contributed by atoms with Gasteiger partial charge in [-0.25, -0.2) is 13.6 Å². The van der Waals surface area contributed by atoms with Crippen molar-refractivity contribution in [2.45, 2.75) is 57.3 Å². The summed E-state index contributed by atoms with van der Waals surface area (Å²) >= 11 is 6.84. The van der Waals surface area contributed by atoms with Gasteiger partial charge in [0.05, 0.1) is 23.2 Å². The van der Waals surface area contributed by atoms with Gasteiger partial charge < -0.3 is 29.5 Å². The number of fused-ring (bicyclic) bond motifs is 2. The van der Waals surface area contributed by atoms with Gasteiger partial charge in [0.1, 0.15) is 29.0 Å². The van der Waals surface area contributed by atoms with Crippen LogP contribution in [0.3, 0.4) is 0 Å². The minimum atomic E-state index is -5.08. The van der Waals surface area contributed by atoms with Gasteiger partial charge in [-0.1, -0.05) is 17.7 Å². The molecule has 0 bridgehead atoms. The number of benzene rings is 3. The van der Waals surface area contributed by atoms with Crippen LogP contribution in [0.4, 0.5) is 33.3 Å². The predicted octanol–water partition coefficient (Wildman–Crippen LogP) is 7.05. The van der Waals surface area contributed by atoms with E-state index in [1.54, 1.807) is 54.7 Å². The Bertz CT molecular complexity index is 2720. The Morgan fingerprint density at radius 1 is 0.953 bits per heavy atom. The number of hydrogen-bond acceptors (Lipinski definition) is 9. The first kappa shape index (κ1) is 45.5. The van der Waals surface area contributed by atoms with E-state index in [2.05, 4.69) is 15.6 Å². The molecule has 1 unspecified atom stereocenters. The zero-order chi connectivity index (χ0) is 46.0. The lowest BCUT2D eigenvalue weighted by Crippen LogP contribution is -2.47. The maximum atomic E-state index is 15.5. The third kappa shape index (κ3) is 9.66. The van der Waals surface area contributed by atoms with Crippen LogP contribution in [-0.4, -0.2) is 82.2 Å². The number of aromatic nitrogens is 2. The first-order valence-electron chi connectivity index (χ1n) is 20.3. The van der Waals surface area contributed by atoms with Crippen LogP contribution in [0, 0.1) is 17.6 Å². The molecule has 0 spiro atoms. The van der Waals surface area contributed by atoms with Crippen LogP contribution in [0.5, 0.6) is 5.75 Å². The molecule has 3 aliphatic heterocycles. The number of pyridine rings is 2. The van der Waals surface area contributed by atoms with Crippen molar-refractivity contribution in [3.8, 4) is 16.9 Å². The number of carbonyl (C=O) groups excluding carboxylic acids is 3. The van der Waals surface area contributed by atoms with E-state index in [0.29, 0.717) is 71.7 Å². The molecule has 1 atom stereocenters. The number of carbonyl (C=O) groups is 4. The first-order chi connectivity index (χ1) is 30.4. The zero-order valence-corrected chi connectivity index (χ0v) is 35.3. The molecule has 13 nitrogen and oxygen atoms in total. The predicted molar refractivity (Wildman–Crippen MR) is 227 cm³/mol. The Hall–Kier alpha value is -6.56. The monoisotopic (exact) mass is 908 g/mol. The molecule has 5 aromatic rings. The Balaban J connectivity index is 0.000000809. The van der Waals surface area contributed by atoms with E-state index >= 15 is 8.78 Å². The van der Waals surface area contributed by atoms with E-state index in [9.17, 15) is 32.3 Å². The smallest absolute Gasteiger partial charge is 0.490 e. The van der Waals surface area contributed by atoms with Crippen LogP contribution in [0.15, 0.2) is 71.9 Å². The number of ether oxygens (including phenoxy) is 1. The van der Waals surface area contributed by atoms with Crippen molar-refractivity contribution >= 4 is 57.4 Å². The maximum absolute atomic E-state index is 15.5. The van der Waals surface area contributed by atoms with E-state index < -0.39 is 24.1 Å². The standard InChI is InChI=1S/C43H41ClF2N6O5.C2HF3O2/c1-50-22-31(29-9-13-47-21-30(29)42(50)55)26-18-33(44)40(38(19-26)57-2)43(56)52-16-12-28-25(3-5-34(45)32(28)23-52)17-24-10-14-51(15-11-24)37-7-4-27(20-35(37)46)48-36-6-8-39(53)49-41(36)54;3-2(4,5)1(6)7/h3-5,7,9,13,18-22,24,36,48H,6,8,10-12,14-17,23H2,1-2H3,(H,49,53,54);(H,6,7). The first-order valence-corrected chi connectivity index (χ1v) is 20.7. The molecule has 336 valence electrons. The Labute approximate surface area is 367 Å². The molecule has 2 fully saturated rings. The van der Waals surface area contributed by atoms with E-state index in [0.717, 1.165) is 36.0 Å². The second kappa shape index (κ2) is 18.7. The van der Waals surface area contributed by atoms with E-state index in [1.165, 1.54) is 30.0 Å². The lowest BCUT2D eigenvalue weighted by molar-refractivity contribution is -0.192. The minimum absolute atomic E-state index is 0.0830. The van der Waals surface area contributed by atoms with Crippen LogP contribution in [0.2, 0.25) is 5.02 Å². The third-order valence-electron chi connectivity index (χ3n) is 11.8. The molecule has 64 heavy (non-hydrogen) atoms. The number of halogens is 6. The van der Waals surface area contributed by atoms with Crippen molar-refractivity contribution in [2.75, 3.05) is 37.0 Å². The summed E-state index contributed by atoms with van der Waals surface area (Å²) in [5.74, 6) is -4.01. The van der Waals surface area contributed by atoms with Gasteiger partial charge in [-0.05, 0) is 103 Å². The molecule has 5 heterocycles. The fraction of sp³-hybridized carbons (Fsp3) is 0.333. The number of alkyl halides is 3. The fourth-order valence-corrected chi connectivity index (χ4v) is 8.75. The molecule has 8 rings (SSSR count). The quantitative estimate of drug-likeness (QED) is 0.109. The van der Waals surface area contributed by atoms with Crippen LogP contribution < -0.4 is 25.8 Å². The summed E-state index contributed by atoms with van der Waals surface area (Å²) in [5.41, 5.74) is 4.84. The number of carboxylic acid groups (broad SMARTS) is 1. The third-order valence-corrected chi connectivity index (χ3v) is 12.1. The molecule has 3 aromatic carbocycles. The molecule has 0 radical (unpaired) electrons. The fourth-order valence-electron chi connectivity index (χ4n) is 8.46. The average Bonchev–Trinajstić information content (AvgIpc) is 3.26. The molecular formula is C45H42ClF5N6O7. The topological polar surface area (TPSA) is 163 Å². The molecule has 2 saturated heterocycles. The number of hydrogen-bond donors (Lipinski definition) is 3. The van der Waals surface area contributed by atoms with Crippen molar-refractivity contribution in [1.29, 1.82) is 0 Å². The Morgan fingerprint density at radius 3 is 2.36 bits per heavy atom. The minimum Gasteiger partial charge on any atom is -0.496 e. The largest absolute Gasteiger partial charge is 0.496 e. The molecular weight excluding hydrogens is 867 g/mol. The number of aryl methyl sites for hydroxylation is 1. The number of imide groups is 1. The number of methoxy groups -OCH3 is 1. The SMILES string of the molecule is COc1cc(-c2cn(C)c(=O)c3cnccc23)cc(Cl)c1C(=O)N1CCc2c(CC3CCN(c4ccc(NC5CCC(=O)NC5=O)cc4F)CC3)ccc(F)c2C1.O=C(O)C(F)(F)F. The summed E-state index contributed by atoms with van der Waals surface area (Å²) in [4.78, 5) is 67.1. The van der Waals surface area contributed by atoms with Crippen LogP contribution in [0.25, 0.3) is 21.9 Å². The molecule has 3 aliphatic rings. The van der Waals surface area contributed by atoms with Gasteiger partial charge in [0, 0.05) is 75.1 Å². The van der Waals surface area contributed by atoms with Gasteiger partial charge in [-0.3, -0.25) is 29.5 Å². The highest BCUT2D eigenvalue weighted by Gasteiger charge is 2.38. The number of nitrogens with one attached hydrogen (secondary N) is 2. The number of rotatable bonds is 8.